The second-order valence-corrected chi connectivity index (χ2v) is 17.8. The van der Waals surface area contributed by atoms with Crippen LogP contribution in [0.3, 0.4) is 0 Å². The fraction of sp³-hybridized carbons (Fsp3) is 0.308. The van der Waals surface area contributed by atoms with Gasteiger partial charge in [0.2, 0.25) is 0 Å². The van der Waals surface area contributed by atoms with Gasteiger partial charge in [-0.1, -0.05) is 109 Å². The van der Waals surface area contributed by atoms with E-state index >= 15 is 0 Å². The lowest BCUT2D eigenvalue weighted by Gasteiger charge is -2.46. The summed E-state index contributed by atoms with van der Waals surface area (Å²) in [7, 11) is 0. The molecule has 12 rings (SSSR count). The van der Waals surface area contributed by atoms with Gasteiger partial charge in [0, 0.05) is 27.9 Å². The van der Waals surface area contributed by atoms with Gasteiger partial charge in [0.05, 0.1) is 0 Å². The molecule has 4 saturated carbocycles. The van der Waals surface area contributed by atoms with Crippen molar-refractivity contribution >= 4 is 17.1 Å². The number of rotatable bonds is 4. The summed E-state index contributed by atoms with van der Waals surface area (Å²) in [4.78, 5) is 2.52. The van der Waals surface area contributed by atoms with Gasteiger partial charge >= 0.3 is 0 Å². The van der Waals surface area contributed by atoms with E-state index in [0.717, 1.165) is 43.4 Å². The maximum atomic E-state index is 2.59. The third kappa shape index (κ3) is 4.20. The SMILES string of the molecule is c1ccc(N(c2ccc(C34CCC5CC(CC5C3)C4)cc2)c2ccc3c(c2)C2(CCC4(CC2)c2ccccc2-c2ccccc24)c2ccccc2-3)cc1. The molecular formula is C52H47N. The Hall–Kier alpha value is -4.88. The van der Waals surface area contributed by atoms with Crippen LogP contribution in [0, 0.1) is 17.8 Å². The first-order valence-corrected chi connectivity index (χ1v) is 20.5. The number of benzene rings is 6. The van der Waals surface area contributed by atoms with E-state index in [1.165, 1.54) is 89.0 Å². The highest BCUT2D eigenvalue weighted by Gasteiger charge is 2.54. The fourth-order valence-corrected chi connectivity index (χ4v) is 13.5. The van der Waals surface area contributed by atoms with E-state index in [4.69, 9.17) is 0 Å². The molecule has 6 aromatic rings. The second-order valence-electron chi connectivity index (χ2n) is 17.8. The highest BCUT2D eigenvalue weighted by molar-refractivity contribution is 5.87. The first-order valence-electron chi connectivity index (χ1n) is 20.5. The van der Waals surface area contributed by atoms with Crippen molar-refractivity contribution in [3.8, 4) is 22.3 Å². The Morgan fingerprint density at radius 1 is 0.415 bits per heavy atom. The lowest BCUT2D eigenvalue weighted by atomic mass is 9.57. The van der Waals surface area contributed by atoms with Crippen LogP contribution < -0.4 is 4.90 Å². The van der Waals surface area contributed by atoms with Crippen LogP contribution in [-0.4, -0.2) is 0 Å². The van der Waals surface area contributed by atoms with E-state index < -0.39 is 0 Å². The molecule has 6 aliphatic rings. The van der Waals surface area contributed by atoms with Crippen LogP contribution in [-0.2, 0) is 16.2 Å². The van der Waals surface area contributed by atoms with Crippen LogP contribution in [0.25, 0.3) is 22.3 Å². The highest BCUT2D eigenvalue weighted by atomic mass is 15.1. The molecule has 6 aliphatic carbocycles. The van der Waals surface area contributed by atoms with Crippen LogP contribution >= 0.6 is 0 Å². The third-order valence-electron chi connectivity index (χ3n) is 15.7. The smallest absolute Gasteiger partial charge is 0.0465 e. The largest absolute Gasteiger partial charge is 0.310 e. The van der Waals surface area contributed by atoms with Gasteiger partial charge in [-0.25, -0.2) is 0 Å². The molecule has 0 saturated heterocycles. The van der Waals surface area contributed by atoms with Crippen LogP contribution in [0.1, 0.15) is 92.0 Å². The summed E-state index contributed by atoms with van der Waals surface area (Å²) in [6.07, 6.45) is 13.3. The van der Waals surface area contributed by atoms with Gasteiger partial charge in [0.1, 0.15) is 0 Å². The van der Waals surface area contributed by atoms with E-state index in [-0.39, 0.29) is 10.8 Å². The lowest BCUT2D eigenvalue weighted by Crippen LogP contribution is -2.39. The minimum absolute atomic E-state index is 0.00418. The van der Waals surface area contributed by atoms with E-state index in [0.29, 0.717) is 5.41 Å². The molecule has 4 unspecified atom stereocenters. The number of fused-ring (bicyclic) bond motifs is 12. The van der Waals surface area contributed by atoms with Crippen LogP contribution in [0.5, 0.6) is 0 Å². The van der Waals surface area contributed by atoms with E-state index in [1.807, 2.05) is 0 Å². The molecule has 2 spiro atoms. The minimum atomic E-state index is 0.00418. The number of para-hydroxylation sites is 1. The molecular weight excluding hydrogens is 639 g/mol. The van der Waals surface area contributed by atoms with Gasteiger partial charge in [-0.05, 0) is 174 Å². The van der Waals surface area contributed by atoms with Gasteiger partial charge < -0.3 is 4.90 Å². The Labute approximate surface area is 314 Å². The summed E-state index contributed by atoms with van der Waals surface area (Å²) in [6, 6.07) is 56.3. The molecule has 1 nitrogen and oxygen atoms in total. The summed E-state index contributed by atoms with van der Waals surface area (Å²) in [5.41, 5.74) is 17.7. The summed E-state index contributed by atoms with van der Waals surface area (Å²) in [6.45, 7) is 0. The molecule has 4 atom stereocenters. The molecule has 4 fully saturated rings. The highest BCUT2D eigenvalue weighted by Crippen LogP contribution is 2.64. The normalized spacial score (nSPS) is 25.9. The molecule has 53 heavy (non-hydrogen) atoms. The third-order valence-corrected chi connectivity index (χ3v) is 15.7. The Balaban J connectivity index is 0.950. The lowest BCUT2D eigenvalue weighted by molar-refractivity contribution is 0.139. The van der Waals surface area contributed by atoms with Gasteiger partial charge in [0.15, 0.2) is 0 Å². The van der Waals surface area contributed by atoms with Gasteiger partial charge in [-0.15, -0.1) is 0 Å². The Morgan fingerprint density at radius 2 is 0.925 bits per heavy atom. The first-order chi connectivity index (χ1) is 26.1. The molecule has 0 N–H and O–H groups in total. The van der Waals surface area contributed by atoms with Crippen molar-refractivity contribution in [2.24, 2.45) is 17.8 Å². The Kier molecular flexibility index (Phi) is 6.39. The minimum Gasteiger partial charge on any atom is -0.310 e. The zero-order chi connectivity index (χ0) is 34.8. The summed E-state index contributed by atoms with van der Waals surface area (Å²) >= 11 is 0. The summed E-state index contributed by atoms with van der Waals surface area (Å²) in [5, 5.41) is 0. The van der Waals surface area contributed by atoms with Crippen LogP contribution in [0.15, 0.2) is 146 Å². The molecule has 6 aromatic carbocycles. The van der Waals surface area contributed by atoms with Crippen molar-refractivity contribution in [2.75, 3.05) is 4.90 Å². The number of nitrogens with zero attached hydrogens (tertiary/aromatic N) is 1. The topological polar surface area (TPSA) is 3.24 Å². The molecule has 0 aromatic heterocycles. The van der Waals surface area contributed by atoms with Gasteiger partial charge in [0.25, 0.3) is 0 Å². The first kappa shape index (κ1) is 30.6. The number of hydrogen-bond donors (Lipinski definition) is 0. The van der Waals surface area contributed by atoms with Gasteiger partial charge in [-0.2, -0.15) is 0 Å². The second kappa shape index (κ2) is 11.1. The zero-order valence-electron chi connectivity index (χ0n) is 30.6. The van der Waals surface area contributed by atoms with E-state index in [1.54, 1.807) is 16.7 Å². The fourth-order valence-electron chi connectivity index (χ4n) is 13.5. The molecule has 0 aliphatic heterocycles. The van der Waals surface area contributed by atoms with Crippen molar-refractivity contribution in [1.82, 2.24) is 0 Å². The molecule has 0 heterocycles. The van der Waals surface area contributed by atoms with E-state index in [2.05, 4.69) is 150 Å². The number of hydrogen-bond acceptors (Lipinski definition) is 1. The Morgan fingerprint density at radius 3 is 1.57 bits per heavy atom. The number of anilines is 3. The molecule has 1 heteroatoms. The van der Waals surface area contributed by atoms with Crippen LogP contribution in [0.4, 0.5) is 17.1 Å². The molecule has 260 valence electrons. The maximum Gasteiger partial charge on any atom is 0.0465 e. The van der Waals surface area contributed by atoms with Crippen molar-refractivity contribution in [2.45, 2.75) is 80.5 Å². The van der Waals surface area contributed by atoms with Crippen molar-refractivity contribution in [3.05, 3.63) is 173 Å². The Bertz CT molecular complexity index is 2340. The molecule has 0 radical (unpaired) electrons. The average molecular weight is 686 g/mol. The zero-order valence-corrected chi connectivity index (χ0v) is 30.6. The predicted molar refractivity (Wildman–Crippen MR) is 218 cm³/mol. The monoisotopic (exact) mass is 685 g/mol. The molecule has 3 bridgehead atoms. The molecule has 0 amide bonds. The standard InChI is InChI=1S/C52H47N/c1-2-10-39(11-3-1)53(40-20-18-38(19-21-40)50-25-24-36-30-35(33-50)31-37(36)34-50)41-22-23-45-44-14-6-9-17-48(44)52(49(45)32-41)28-26-51(27-29-52)46-15-7-4-12-42(46)43-13-5-8-16-47(43)51/h1-23,32,35-37H,24-31,33-34H2. The summed E-state index contributed by atoms with van der Waals surface area (Å²) in [5.74, 6) is 2.94. The van der Waals surface area contributed by atoms with Crippen LogP contribution in [0.2, 0.25) is 0 Å². The van der Waals surface area contributed by atoms with Gasteiger partial charge in [-0.3, -0.25) is 0 Å². The van der Waals surface area contributed by atoms with Crippen molar-refractivity contribution in [3.63, 3.8) is 0 Å². The average Bonchev–Trinajstić information content (AvgIpc) is 3.73. The van der Waals surface area contributed by atoms with Crippen molar-refractivity contribution in [1.29, 1.82) is 0 Å². The van der Waals surface area contributed by atoms with E-state index in [9.17, 15) is 0 Å². The quantitative estimate of drug-likeness (QED) is 0.179. The predicted octanol–water partition coefficient (Wildman–Crippen LogP) is 13.4. The maximum absolute atomic E-state index is 2.59. The van der Waals surface area contributed by atoms with Crippen molar-refractivity contribution < 1.29 is 0 Å². The summed E-state index contributed by atoms with van der Waals surface area (Å²) < 4.78 is 0.